The number of hydrogen-bond donors (Lipinski definition) is 3. The molecule has 3 N–H and O–H groups in total. The summed E-state index contributed by atoms with van der Waals surface area (Å²) in [6, 6.07) is 16.7. The third-order valence-corrected chi connectivity index (χ3v) is 5.42. The highest BCUT2D eigenvalue weighted by Crippen LogP contribution is 2.30. The van der Waals surface area contributed by atoms with Crippen LogP contribution in [0, 0.1) is 11.6 Å². The highest BCUT2D eigenvalue weighted by atomic mass is 19.1. The molecule has 5 aromatic rings. The van der Waals surface area contributed by atoms with Gasteiger partial charge in [-0.3, -0.25) is 0 Å². The molecule has 0 aliphatic carbocycles. The second-order valence-electron chi connectivity index (χ2n) is 7.51. The maximum atomic E-state index is 13.8. The maximum absolute atomic E-state index is 13.8. The van der Waals surface area contributed by atoms with Crippen molar-refractivity contribution in [1.82, 2.24) is 14.5 Å². The molecule has 0 aliphatic heterocycles. The number of aromatic amines is 1. The molecule has 0 bridgehead atoms. The van der Waals surface area contributed by atoms with Crippen molar-refractivity contribution in [1.29, 1.82) is 0 Å². The first-order chi connectivity index (χ1) is 15.1. The molecule has 1 unspecified atom stereocenters. The summed E-state index contributed by atoms with van der Waals surface area (Å²) >= 11 is 0. The Morgan fingerprint density at radius 1 is 0.935 bits per heavy atom. The summed E-state index contributed by atoms with van der Waals surface area (Å²) in [5.74, 6) is -0.756. The number of aromatic nitrogens is 3. The Morgan fingerprint density at radius 2 is 1.58 bits per heavy atom. The van der Waals surface area contributed by atoms with Gasteiger partial charge in [-0.25, -0.2) is 13.8 Å². The molecular formula is C24H20F2N4O. The van der Waals surface area contributed by atoms with E-state index in [2.05, 4.69) is 15.3 Å². The van der Waals surface area contributed by atoms with Crippen molar-refractivity contribution >= 4 is 27.5 Å². The lowest BCUT2D eigenvalue weighted by atomic mass is 10.1. The standard InChI is InChI=1S/C24H20F2N4O/c25-16-3-7-23-20(9-16)21-10-17(26)4-8-24(21)30(23)13-19(31)11-28-18-5-1-15(2-6-18)22-12-27-14-29-22/h1-10,12,14,19,28,31H,11,13H2,(H,27,29). The van der Waals surface area contributed by atoms with Gasteiger partial charge in [-0.05, 0) is 54.1 Å². The van der Waals surface area contributed by atoms with E-state index in [1.807, 2.05) is 28.8 Å². The molecule has 1 atom stereocenters. The predicted octanol–water partition coefficient (Wildman–Crippen LogP) is 4.94. The molecule has 0 spiro atoms. The zero-order valence-electron chi connectivity index (χ0n) is 16.5. The molecule has 2 aromatic heterocycles. The molecule has 0 saturated heterocycles. The van der Waals surface area contributed by atoms with Crippen LogP contribution in [0.15, 0.2) is 73.2 Å². The number of H-pyrrole nitrogens is 1. The molecule has 0 aliphatic rings. The quantitative estimate of drug-likeness (QED) is 0.366. The van der Waals surface area contributed by atoms with Gasteiger partial charge < -0.3 is 20.0 Å². The Morgan fingerprint density at radius 3 is 2.16 bits per heavy atom. The summed E-state index contributed by atoms with van der Waals surface area (Å²) in [7, 11) is 0. The average Bonchev–Trinajstić information content (AvgIpc) is 3.40. The third kappa shape index (κ3) is 3.75. The minimum absolute atomic E-state index is 0.288. The zero-order valence-corrected chi connectivity index (χ0v) is 16.5. The number of imidazole rings is 1. The molecular weight excluding hydrogens is 398 g/mol. The van der Waals surface area contributed by atoms with Crippen LogP contribution in [0.4, 0.5) is 14.5 Å². The van der Waals surface area contributed by atoms with E-state index in [4.69, 9.17) is 0 Å². The van der Waals surface area contributed by atoms with E-state index in [0.717, 1.165) is 28.0 Å². The molecule has 7 heteroatoms. The van der Waals surface area contributed by atoms with Crippen molar-refractivity contribution < 1.29 is 13.9 Å². The Balaban J connectivity index is 1.35. The van der Waals surface area contributed by atoms with Crippen LogP contribution < -0.4 is 5.32 Å². The number of nitrogens with zero attached hydrogens (tertiary/aromatic N) is 2. The van der Waals surface area contributed by atoms with Gasteiger partial charge in [0.25, 0.3) is 0 Å². The molecule has 0 saturated carbocycles. The van der Waals surface area contributed by atoms with E-state index >= 15 is 0 Å². The number of rotatable bonds is 6. The predicted molar refractivity (Wildman–Crippen MR) is 118 cm³/mol. The van der Waals surface area contributed by atoms with E-state index < -0.39 is 6.10 Å². The monoisotopic (exact) mass is 418 g/mol. The molecule has 3 aromatic carbocycles. The first-order valence-corrected chi connectivity index (χ1v) is 9.96. The third-order valence-electron chi connectivity index (χ3n) is 5.42. The van der Waals surface area contributed by atoms with Gasteiger partial charge in [-0.1, -0.05) is 12.1 Å². The number of aliphatic hydroxyl groups excluding tert-OH is 1. The summed E-state index contributed by atoms with van der Waals surface area (Å²) in [4.78, 5) is 7.08. The largest absolute Gasteiger partial charge is 0.389 e. The summed E-state index contributed by atoms with van der Waals surface area (Å²) in [6.07, 6.45) is 2.69. The van der Waals surface area contributed by atoms with E-state index in [-0.39, 0.29) is 18.2 Å². The van der Waals surface area contributed by atoms with Crippen LogP contribution in [-0.4, -0.2) is 32.3 Å². The van der Waals surface area contributed by atoms with E-state index in [9.17, 15) is 13.9 Å². The van der Waals surface area contributed by atoms with Gasteiger partial charge in [-0.2, -0.15) is 0 Å². The van der Waals surface area contributed by atoms with Crippen LogP contribution in [0.1, 0.15) is 0 Å². The van der Waals surface area contributed by atoms with Crippen LogP contribution in [0.3, 0.4) is 0 Å². The fourth-order valence-corrected chi connectivity index (χ4v) is 3.94. The molecule has 5 rings (SSSR count). The van der Waals surface area contributed by atoms with E-state index in [0.29, 0.717) is 17.3 Å². The fraction of sp³-hybridized carbons (Fsp3) is 0.125. The average molecular weight is 418 g/mol. The number of aliphatic hydroxyl groups is 1. The number of halogens is 2. The molecule has 5 nitrogen and oxygen atoms in total. The second-order valence-corrected chi connectivity index (χ2v) is 7.51. The first-order valence-electron chi connectivity index (χ1n) is 9.96. The molecule has 0 amide bonds. The van der Waals surface area contributed by atoms with Crippen molar-refractivity contribution in [2.45, 2.75) is 12.6 Å². The Hall–Kier alpha value is -3.71. The van der Waals surface area contributed by atoms with Crippen molar-refractivity contribution in [3.8, 4) is 11.3 Å². The van der Waals surface area contributed by atoms with Gasteiger partial charge in [-0.15, -0.1) is 0 Å². The Bertz CT molecular complexity index is 1280. The Labute approximate surface area is 177 Å². The van der Waals surface area contributed by atoms with Gasteiger partial charge >= 0.3 is 0 Å². The second kappa shape index (κ2) is 7.85. The summed E-state index contributed by atoms with van der Waals surface area (Å²) in [5, 5.41) is 15.2. The summed E-state index contributed by atoms with van der Waals surface area (Å²) in [5.41, 5.74) is 4.35. The molecule has 0 radical (unpaired) electrons. The van der Waals surface area contributed by atoms with Crippen molar-refractivity contribution in [2.75, 3.05) is 11.9 Å². The summed E-state index contributed by atoms with van der Waals surface area (Å²) < 4.78 is 29.5. The fourth-order valence-electron chi connectivity index (χ4n) is 3.94. The van der Waals surface area contributed by atoms with E-state index in [1.165, 1.54) is 24.3 Å². The van der Waals surface area contributed by atoms with Gasteiger partial charge in [0.2, 0.25) is 0 Å². The van der Waals surface area contributed by atoms with Crippen LogP contribution in [0.2, 0.25) is 0 Å². The van der Waals surface area contributed by atoms with Crippen molar-refractivity contribution in [2.24, 2.45) is 0 Å². The lowest BCUT2D eigenvalue weighted by Gasteiger charge is -2.16. The highest BCUT2D eigenvalue weighted by molar-refractivity contribution is 6.08. The van der Waals surface area contributed by atoms with Crippen molar-refractivity contribution in [3.05, 3.63) is 84.8 Å². The number of fused-ring (bicyclic) bond motifs is 3. The van der Waals surface area contributed by atoms with Crippen LogP contribution in [0.25, 0.3) is 33.1 Å². The lowest BCUT2D eigenvalue weighted by molar-refractivity contribution is 0.169. The number of hydrogen-bond acceptors (Lipinski definition) is 3. The summed E-state index contributed by atoms with van der Waals surface area (Å²) in [6.45, 7) is 0.615. The molecule has 156 valence electrons. The minimum Gasteiger partial charge on any atom is -0.389 e. The van der Waals surface area contributed by atoms with Crippen LogP contribution in [-0.2, 0) is 6.54 Å². The van der Waals surface area contributed by atoms with Gasteiger partial charge in [0.15, 0.2) is 0 Å². The number of anilines is 1. The lowest BCUT2D eigenvalue weighted by Crippen LogP contribution is -2.24. The maximum Gasteiger partial charge on any atom is 0.123 e. The number of benzene rings is 3. The minimum atomic E-state index is -0.707. The molecule has 0 fully saturated rings. The van der Waals surface area contributed by atoms with Crippen molar-refractivity contribution in [3.63, 3.8) is 0 Å². The normalized spacial score (nSPS) is 12.5. The first kappa shape index (κ1) is 19.3. The van der Waals surface area contributed by atoms with Crippen LogP contribution >= 0.6 is 0 Å². The zero-order chi connectivity index (χ0) is 21.4. The smallest absolute Gasteiger partial charge is 0.123 e. The van der Waals surface area contributed by atoms with E-state index in [1.54, 1.807) is 24.7 Å². The van der Waals surface area contributed by atoms with Crippen LogP contribution in [0.5, 0.6) is 0 Å². The number of nitrogens with one attached hydrogen (secondary N) is 2. The molecule has 31 heavy (non-hydrogen) atoms. The SMILES string of the molecule is OC(CNc1ccc(-c2cnc[nH]2)cc1)Cn1c2ccc(F)cc2c2cc(F)ccc21. The van der Waals surface area contributed by atoms with Gasteiger partial charge in [0.05, 0.1) is 30.9 Å². The van der Waals surface area contributed by atoms with Gasteiger partial charge in [0.1, 0.15) is 11.6 Å². The Kier molecular flexibility index (Phi) is 4.88. The topological polar surface area (TPSA) is 65.9 Å². The highest BCUT2D eigenvalue weighted by Gasteiger charge is 2.15. The molecule has 2 heterocycles. The van der Waals surface area contributed by atoms with Gasteiger partial charge in [0, 0.05) is 34.0 Å².